The first kappa shape index (κ1) is 16.1. The Balaban J connectivity index is -0.0000000750. The Morgan fingerprint density at radius 3 is 1.12 bits per heavy atom. The van der Waals surface area contributed by atoms with Crippen molar-refractivity contribution in [2.75, 3.05) is 0 Å². The number of rotatable bonds is 0. The maximum absolute atomic E-state index is 8.55. The second-order valence-corrected chi connectivity index (χ2v) is 1.34. The zero-order chi connectivity index (χ0) is 6.50. The van der Waals surface area contributed by atoms with Gasteiger partial charge in [0.25, 0.3) is 0 Å². The minimum absolute atomic E-state index is 0. The van der Waals surface area contributed by atoms with Gasteiger partial charge in [-0.15, -0.1) is 0 Å². The van der Waals surface area contributed by atoms with Crippen LogP contribution in [0, 0.1) is 0 Å². The third kappa shape index (κ3) is 174. The molecule has 0 aliphatic carbocycles. The quantitative estimate of drug-likeness (QED) is 0.324. The van der Waals surface area contributed by atoms with Crippen LogP contribution in [0.2, 0.25) is 0 Å². The van der Waals surface area contributed by atoms with E-state index < -0.39 is 7.82 Å². The summed E-state index contributed by atoms with van der Waals surface area (Å²) in [5, 5.41) is 0. The summed E-state index contributed by atoms with van der Waals surface area (Å²) >= 11 is 2.62. The fourth-order valence-corrected chi connectivity index (χ4v) is 0. The normalized spacial score (nSPS) is 8.12. The Bertz CT molecular complexity index is 68.2. The van der Waals surface area contributed by atoms with Crippen molar-refractivity contribution >= 4 is 34.0 Å². The molecule has 0 atom stereocenters. The molecule has 2 radical (unpaired) electrons. The van der Waals surface area contributed by atoms with Crippen LogP contribution in [0.3, 0.4) is 0 Å². The van der Waals surface area contributed by atoms with Crippen molar-refractivity contribution < 1.29 is 38.5 Å². The molecule has 0 aromatic rings. The molecule has 0 saturated carbocycles. The van der Waals surface area contributed by atoms with E-state index in [2.05, 4.69) is 15.4 Å². The van der Waals surface area contributed by atoms with E-state index in [1.54, 1.807) is 0 Å². The van der Waals surface area contributed by atoms with Crippen LogP contribution in [-0.2, 0) is 23.9 Å². The van der Waals surface area contributed by atoms with Gasteiger partial charge >= 0.3 is 45.5 Å². The van der Waals surface area contributed by atoms with Gasteiger partial charge in [-0.3, -0.25) is 0 Å². The molecule has 0 heterocycles. The van der Waals surface area contributed by atoms with Crippen LogP contribution in [0.5, 0.6) is 0 Å². The molecule has 0 aromatic carbocycles. The monoisotopic (exact) mass is 378 g/mol. The Hall–Kier alpha value is 1.29. The summed E-state index contributed by atoms with van der Waals surface area (Å²) < 4.78 is 16.4. The fourth-order valence-electron chi connectivity index (χ4n) is 0. The van der Waals surface area contributed by atoms with Gasteiger partial charge in [-0.05, 0) is 0 Å². The molecule has 0 rings (SSSR count). The van der Waals surface area contributed by atoms with Crippen molar-refractivity contribution in [3.8, 4) is 0 Å². The van der Waals surface area contributed by atoms with Crippen molar-refractivity contribution in [2.45, 2.75) is 0 Å². The Morgan fingerprint density at radius 2 is 1.12 bits per heavy atom. The molecule has 8 heteroatoms. The second kappa shape index (κ2) is 8.29. The molecule has 0 amide bonds. The van der Waals surface area contributed by atoms with Crippen LogP contribution in [-0.4, -0.2) is 26.2 Å². The van der Waals surface area contributed by atoms with Crippen molar-refractivity contribution in [2.24, 2.45) is 0 Å². The van der Waals surface area contributed by atoms with Gasteiger partial charge in [0.15, 0.2) is 0 Å². The first-order chi connectivity index (χ1) is 3.00. The SMILES string of the molecule is O=P([O-])([O-])[O-].[Bi+3].[O]=[Ni]. The number of hydrogen-bond donors (Lipinski definition) is 0. The van der Waals surface area contributed by atoms with Crippen LogP contribution in [0.25, 0.3) is 0 Å². The molecule has 0 bridgehead atoms. The number of hydrogen-bond acceptors (Lipinski definition) is 5. The standard InChI is InChI=1S/Bi.Ni.H3O4P.O/c;;1-5(2,3)4;/h;;(H3,1,2,3,4);/q+3;;;/p-3. The van der Waals surface area contributed by atoms with Crippen LogP contribution in [0.15, 0.2) is 0 Å². The van der Waals surface area contributed by atoms with Gasteiger partial charge in [0.05, 0.1) is 0 Å². The van der Waals surface area contributed by atoms with E-state index in [1.807, 2.05) is 0 Å². The maximum atomic E-state index is 8.55. The first-order valence-corrected chi connectivity index (χ1v) is 2.72. The molecule has 0 saturated heterocycles. The topological polar surface area (TPSA) is 103 Å². The van der Waals surface area contributed by atoms with Crippen molar-refractivity contribution in [1.82, 2.24) is 0 Å². The first-order valence-electron chi connectivity index (χ1n) is 0.859. The van der Waals surface area contributed by atoms with Crippen LogP contribution < -0.4 is 14.7 Å². The van der Waals surface area contributed by atoms with Gasteiger partial charge in [0.1, 0.15) is 0 Å². The summed E-state index contributed by atoms with van der Waals surface area (Å²) in [5.74, 6) is 0. The van der Waals surface area contributed by atoms with Crippen molar-refractivity contribution in [3.05, 3.63) is 0 Å². The molecule has 8 heavy (non-hydrogen) atoms. The molecule has 0 fully saturated rings. The van der Waals surface area contributed by atoms with Gasteiger partial charge < -0.3 is 19.2 Å². The molecule has 0 unspecified atom stereocenters. The molecule has 0 aromatic heterocycles. The van der Waals surface area contributed by atoms with Gasteiger partial charge in [-0.25, -0.2) is 0 Å². The summed E-state index contributed by atoms with van der Waals surface area (Å²) in [6.45, 7) is 0. The molecule has 5 nitrogen and oxygen atoms in total. The van der Waals surface area contributed by atoms with Gasteiger partial charge in [0, 0.05) is 0 Å². The summed E-state index contributed by atoms with van der Waals surface area (Å²) in [6.07, 6.45) is 0. The molecule has 0 aliphatic heterocycles. The zero-order valence-corrected chi connectivity index (χ0v) is 8.61. The summed E-state index contributed by atoms with van der Waals surface area (Å²) in [4.78, 5) is 25.6. The van der Waals surface area contributed by atoms with Gasteiger partial charge in [-0.1, -0.05) is 0 Å². The average Bonchev–Trinajstić information content (AvgIpc) is 1.36. The third-order valence-corrected chi connectivity index (χ3v) is 0. The molecule has 0 aliphatic rings. The third-order valence-electron chi connectivity index (χ3n) is 0. The minimum atomic E-state index is -5.39. The van der Waals surface area contributed by atoms with Crippen LogP contribution >= 0.6 is 7.82 Å². The van der Waals surface area contributed by atoms with Crippen molar-refractivity contribution in [1.29, 1.82) is 0 Å². The number of phosphoric acid groups is 1. The molecular weight excluding hydrogens is 379 g/mol. The van der Waals surface area contributed by atoms with Crippen molar-refractivity contribution in [3.63, 3.8) is 0 Å². The Labute approximate surface area is 72.4 Å². The zero-order valence-electron chi connectivity index (χ0n) is 3.25. The second-order valence-electron chi connectivity index (χ2n) is 0.447. The predicted octanol–water partition coefficient (Wildman–Crippen LogP) is -3.33. The van der Waals surface area contributed by atoms with Crippen LogP contribution in [0.4, 0.5) is 0 Å². The van der Waals surface area contributed by atoms with Gasteiger partial charge in [-0.2, -0.15) is 7.82 Å². The van der Waals surface area contributed by atoms with E-state index in [-0.39, 0.29) is 26.2 Å². The summed E-state index contributed by atoms with van der Waals surface area (Å²) in [7, 11) is -5.39. The van der Waals surface area contributed by atoms with E-state index in [0.717, 1.165) is 0 Å². The average molecular weight is 379 g/mol. The Morgan fingerprint density at radius 1 is 1.12 bits per heavy atom. The van der Waals surface area contributed by atoms with E-state index in [4.69, 9.17) is 23.1 Å². The summed E-state index contributed by atoms with van der Waals surface area (Å²) in [5.41, 5.74) is 0. The molecule has 50 valence electrons. The molecular formula is BiNiO5P. The van der Waals surface area contributed by atoms with E-state index in [0.29, 0.717) is 0 Å². The molecule has 0 spiro atoms. The summed E-state index contributed by atoms with van der Waals surface area (Å²) in [6, 6.07) is 0. The predicted molar refractivity (Wildman–Crippen MR) is 14.0 cm³/mol. The fraction of sp³-hybridized carbons (Fsp3) is 0. The van der Waals surface area contributed by atoms with E-state index >= 15 is 0 Å². The van der Waals surface area contributed by atoms with E-state index in [1.165, 1.54) is 0 Å². The van der Waals surface area contributed by atoms with Gasteiger partial charge in [0.2, 0.25) is 0 Å². The van der Waals surface area contributed by atoms with Crippen LogP contribution in [0.1, 0.15) is 0 Å². The Kier molecular flexibility index (Phi) is 16.7. The van der Waals surface area contributed by atoms with E-state index in [9.17, 15) is 0 Å². The molecule has 0 N–H and O–H groups in total.